The fourth-order valence-electron chi connectivity index (χ4n) is 2.44. The van der Waals surface area contributed by atoms with E-state index in [1.54, 1.807) is 0 Å². The number of nitrogens with zero attached hydrogens (tertiary/aromatic N) is 2. The van der Waals surface area contributed by atoms with Crippen molar-refractivity contribution >= 4 is 17.5 Å². The molecule has 5 heteroatoms. The van der Waals surface area contributed by atoms with Crippen LogP contribution in [0.2, 0.25) is 0 Å². The Bertz CT molecular complexity index is 871. The molecular formula is C20H20N4O. The highest BCUT2D eigenvalue weighted by atomic mass is 16.5. The molecule has 0 bridgehead atoms. The molecule has 126 valence electrons. The van der Waals surface area contributed by atoms with E-state index in [0.717, 1.165) is 22.7 Å². The normalized spacial score (nSPS) is 11.2. The van der Waals surface area contributed by atoms with Crippen LogP contribution in [0.1, 0.15) is 11.3 Å². The number of aromatic nitrogens is 1. The Hall–Kier alpha value is -3.34. The number of rotatable bonds is 4. The van der Waals surface area contributed by atoms with E-state index in [1.165, 1.54) is 0 Å². The summed E-state index contributed by atoms with van der Waals surface area (Å²) in [5.74, 6) is 2.35. The highest BCUT2D eigenvalue weighted by Gasteiger charge is 2.02. The molecule has 0 unspecified atom stereocenters. The molecule has 0 saturated carbocycles. The van der Waals surface area contributed by atoms with E-state index < -0.39 is 0 Å². The van der Waals surface area contributed by atoms with Gasteiger partial charge in [0, 0.05) is 17.4 Å². The summed E-state index contributed by atoms with van der Waals surface area (Å²) in [6.45, 7) is 3.93. The fourth-order valence-corrected chi connectivity index (χ4v) is 2.44. The molecule has 0 atom stereocenters. The molecule has 5 nitrogen and oxygen atoms in total. The summed E-state index contributed by atoms with van der Waals surface area (Å²) >= 11 is 0. The Morgan fingerprint density at radius 1 is 0.960 bits per heavy atom. The Labute approximate surface area is 147 Å². The third-order valence-electron chi connectivity index (χ3n) is 3.40. The first kappa shape index (κ1) is 16.5. The van der Waals surface area contributed by atoms with Crippen LogP contribution in [0, 0.1) is 13.8 Å². The molecule has 0 amide bonds. The minimum atomic E-state index is 0.273. The maximum atomic E-state index is 6.00. The number of aryl methyl sites for hydroxylation is 2. The number of guanidine groups is 1. The monoisotopic (exact) mass is 332 g/mol. The first-order valence-electron chi connectivity index (χ1n) is 7.98. The largest absolute Gasteiger partial charge is 0.457 e. The van der Waals surface area contributed by atoms with Crippen LogP contribution in [0.25, 0.3) is 0 Å². The predicted octanol–water partition coefficient (Wildman–Crippen LogP) is 4.55. The lowest BCUT2D eigenvalue weighted by atomic mass is 10.2. The summed E-state index contributed by atoms with van der Waals surface area (Å²) < 4.78 is 5.82. The lowest BCUT2D eigenvalue weighted by Crippen LogP contribution is -2.22. The van der Waals surface area contributed by atoms with Gasteiger partial charge in [0.15, 0.2) is 11.8 Å². The van der Waals surface area contributed by atoms with E-state index in [4.69, 9.17) is 10.5 Å². The SMILES string of the molecule is Cc1cc(C)nc(/N=C(\N)Nc2cccc(Oc3ccccc3)c2)c1. The summed E-state index contributed by atoms with van der Waals surface area (Å²) in [6.07, 6.45) is 0. The second kappa shape index (κ2) is 7.49. The highest BCUT2D eigenvalue weighted by molar-refractivity contribution is 5.93. The molecule has 2 aromatic carbocycles. The van der Waals surface area contributed by atoms with Crippen molar-refractivity contribution in [3.8, 4) is 11.5 Å². The third-order valence-corrected chi connectivity index (χ3v) is 3.40. The van der Waals surface area contributed by atoms with Crippen molar-refractivity contribution in [3.05, 3.63) is 78.0 Å². The van der Waals surface area contributed by atoms with Crippen LogP contribution in [-0.4, -0.2) is 10.9 Å². The quantitative estimate of drug-likeness (QED) is 0.543. The van der Waals surface area contributed by atoms with Gasteiger partial charge in [-0.1, -0.05) is 24.3 Å². The molecule has 1 heterocycles. The molecule has 1 aromatic heterocycles. The van der Waals surface area contributed by atoms with E-state index in [2.05, 4.69) is 15.3 Å². The van der Waals surface area contributed by atoms with Crippen molar-refractivity contribution in [1.82, 2.24) is 4.98 Å². The van der Waals surface area contributed by atoms with Gasteiger partial charge in [0.1, 0.15) is 11.5 Å². The molecule has 0 radical (unpaired) electrons. The molecule has 0 saturated heterocycles. The number of nitrogens with one attached hydrogen (secondary N) is 1. The van der Waals surface area contributed by atoms with Gasteiger partial charge in [-0.3, -0.25) is 0 Å². The molecule has 0 fully saturated rings. The van der Waals surface area contributed by atoms with Gasteiger partial charge < -0.3 is 15.8 Å². The predicted molar refractivity (Wildman–Crippen MR) is 102 cm³/mol. The summed E-state index contributed by atoms with van der Waals surface area (Å²) in [6, 6.07) is 21.0. The van der Waals surface area contributed by atoms with Crippen molar-refractivity contribution in [2.24, 2.45) is 10.7 Å². The second-order valence-corrected chi connectivity index (χ2v) is 5.71. The number of benzene rings is 2. The smallest absolute Gasteiger partial charge is 0.199 e. The summed E-state index contributed by atoms with van der Waals surface area (Å²) in [7, 11) is 0. The van der Waals surface area contributed by atoms with Gasteiger partial charge in [0.25, 0.3) is 0 Å². The third kappa shape index (κ3) is 4.81. The Morgan fingerprint density at radius 3 is 2.48 bits per heavy atom. The van der Waals surface area contributed by atoms with Crippen LogP contribution in [0.3, 0.4) is 0 Å². The molecule has 3 N–H and O–H groups in total. The Balaban J connectivity index is 1.74. The van der Waals surface area contributed by atoms with Gasteiger partial charge in [-0.25, -0.2) is 4.98 Å². The molecule has 0 aliphatic rings. The summed E-state index contributed by atoms with van der Waals surface area (Å²) in [5, 5.41) is 3.06. The van der Waals surface area contributed by atoms with E-state index in [-0.39, 0.29) is 5.96 Å². The molecular weight excluding hydrogens is 312 g/mol. The van der Waals surface area contributed by atoms with Crippen LogP contribution >= 0.6 is 0 Å². The Kier molecular flexibility index (Phi) is 4.95. The minimum Gasteiger partial charge on any atom is -0.457 e. The molecule has 25 heavy (non-hydrogen) atoms. The first-order valence-corrected chi connectivity index (χ1v) is 7.98. The first-order chi connectivity index (χ1) is 12.1. The van der Waals surface area contributed by atoms with Crippen LogP contribution in [-0.2, 0) is 0 Å². The van der Waals surface area contributed by atoms with Gasteiger partial charge in [0.05, 0.1) is 0 Å². The topological polar surface area (TPSA) is 72.5 Å². The number of anilines is 1. The van der Waals surface area contributed by atoms with Gasteiger partial charge >= 0.3 is 0 Å². The zero-order valence-electron chi connectivity index (χ0n) is 14.2. The number of hydrogen-bond donors (Lipinski definition) is 2. The van der Waals surface area contributed by atoms with Gasteiger partial charge in [-0.2, -0.15) is 4.99 Å². The lowest BCUT2D eigenvalue weighted by Gasteiger charge is -2.09. The molecule has 0 aliphatic heterocycles. The van der Waals surface area contributed by atoms with Crippen LogP contribution in [0.15, 0.2) is 71.7 Å². The van der Waals surface area contributed by atoms with Gasteiger partial charge in [-0.15, -0.1) is 0 Å². The maximum absolute atomic E-state index is 6.00. The number of hydrogen-bond acceptors (Lipinski definition) is 3. The molecule has 3 rings (SSSR count). The minimum absolute atomic E-state index is 0.273. The van der Waals surface area contributed by atoms with Crippen molar-refractivity contribution in [2.75, 3.05) is 5.32 Å². The molecule has 0 spiro atoms. The molecule has 3 aromatic rings. The van der Waals surface area contributed by atoms with Crippen LogP contribution in [0.5, 0.6) is 11.5 Å². The number of pyridine rings is 1. The summed E-state index contributed by atoms with van der Waals surface area (Å²) in [4.78, 5) is 8.68. The van der Waals surface area contributed by atoms with Crippen molar-refractivity contribution < 1.29 is 4.74 Å². The van der Waals surface area contributed by atoms with Crippen LogP contribution in [0.4, 0.5) is 11.5 Å². The zero-order valence-corrected chi connectivity index (χ0v) is 14.2. The number of aliphatic imine (C=N–C) groups is 1. The van der Waals surface area contributed by atoms with Gasteiger partial charge in [-0.05, 0) is 55.8 Å². The summed E-state index contributed by atoms with van der Waals surface area (Å²) in [5.41, 5.74) is 8.79. The van der Waals surface area contributed by atoms with E-state index in [0.29, 0.717) is 11.6 Å². The van der Waals surface area contributed by atoms with E-state index in [9.17, 15) is 0 Å². The van der Waals surface area contributed by atoms with Crippen LogP contribution < -0.4 is 15.8 Å². The highest BCUT2D eigenvalue weighted by Crippen LogP contribution is 2.23. The van der Waals surface area contributed by atoms with Gasteiger partial charge in [0.2, 0.25) is 0 Å². The lowest BCUT2D eigenvalue weighted by molar-refractivity contribution is 0.483. The van der Waals surface area contributed by atoms with E-state index >= 15 is 0 Å². The Morgan fingerprint density at radius 2 is 1.72 bits per heavy atom. The number of ether oxygens (including phenoxy) is 1. The maximum Gasteiger partial charge on any atom is 0.199 e. The molecule has 0 aliphatic carbocycles. The standard InChI is InChI=1S/C20H20N4O/c1-14-11-15(2)22-19(12-14)24-20(21)23-16-7-6-10-18(13-16)25-17-8-4-3-5-9-17/h3-13H,1-2H3,(H3,21,22,23,24). The number of para-hydroxylation sites is 1. The average molecular weight is 332 g/mol. The second-order valence-electron chi connectivity index (χ2n) is 5.71. The number of nitrogens with two attached hydrogens (primary N) is 1. The van der Waals surface area contributed by atoms with Crippen molar-refractivity contribution in [2.45, 2.75) is 13.8 Å². The fraction of sp³-hybridized carbons (Fsp3) is 0.100. The van der Waals surface area contributed by atoms with Crippen molar-refractivity contribution in [1.29, 1.82) is 0 Å². The zero-order chi connectivity index (χ0) is 17.6. The van der Waals surface area contributed by atoms with E-state index in [1.807, 2.05) is 80.6 Å². The van der Waals surface area contributed by atoms with Crippen molar-refractivity contribution in [3.63, 3.8) is 0 Å². The average Bonchev–Trinajstić information content (AvgIpc) is 2.55.